The molecule has 0 radical (unpaired) electrons. The van der Waals surface area contributed by atoms with Crippen LogP contribution in [0.2, 0.25) is 0 Å². The van der Waals surface area contributed by atoms with Gasteiger partial charge in [0.1, 0.15) is 5.54 Å². The number of aliphatic carboxylic acids is 1. The number of benzene rings is 1. The minimum Gasteiger partial charge on any atom is -0.480 e. The van der Waals surface area contributed by atoms with E-state index < -0.39 is 11.5 Å². The molecule has 0 bridgehead atoms. The molecule has 0 aliphatic carbocycles. The van der Waals surface area contributed by atoms with Crippen molar-refractivity contribution in [3.05, 3.63) is 29.3 Å². The van der Waals surface area contributed by atoms with Gasteiger partial charge in [0, 0.05) is 5.69 Å². The normalized spacial score (nSPS) is 24.1. The largest absolute Gasteiger partial charge is 0.480 e. The summed E-state index contributed by atoms with van der Waals surface area (Å²) >= 11 is 0. The first-order valence-electron chi connectivity index (χ1n) is 5.13. The van der Waals surface area contributed by atoms with Crippen LogP contribution in [-0.4, -0.2) is 16.6 Å². The SMILES string of the molecule is Cc1cccc2c1NC(C)(C(=O)O)CC2. The number of hydrogen-bond acceptors (Lipinski definition) is 2. The lowest BCUT2D eigenvalue weighted by atomic mass is 9.87. The van der Waals surface area contributed by atoms with Crippen LogP contribution in [0.25, 0.3) is 0 Å². The number of carboxylic acid groups (broad SMARTS) is 1. The van der Waals surface area contributed by atoms with Gasteiger partial charge in [0.25, 0.3) is 0 Å². The molecule has 1 atom stereocenters. The maximum absolute atomic E-state index is 11.1. The van der Waals surface area contributed by atoms with Gasteiger partial charge in [-0.25, -0.2) is 4.79 Å². The van der Waals surface area contributed by atoms with Crippen LogP contribution in [0.3, 0.4) is 0 Å². The topological polar surface area (TPSA) is 49.3 Å². The molecule has 0 spiro atoms. The third-order valence-corrected chi connectivity index (χ3v) is 3.13. The van der Waals surface area contributed by atoms with Gasteiger partial charge in [0.15, 0.2) is 0 Å². The molecule has 15 heavy (non-hydrogen) atoms. The molecule has 3 nitrogen and oxygen atoms in total. The summed E-state index contributed by atoms with van der Waals surface area (Å²) in [6, 6.07) is 6.06. The summed E-state index contributed by atoms with van der Waals surface area (Å²) in [6.45, 7) is 3.74. The average molecular weight is 205 g/mol. The van der Waals surface area contributed by atoms with Crippen molar-refractivity contribution >= 4 is 11.7 Å². The van der Waals surface area contributed by atoms with E-state index in [1.165, 1.54) is 5.56 Å². The van der Waals surface area contributed by atoms with Gasteiger partial charge in [-0.3, -0.25) is 0 Å². The highest BCUT2D eigenvalue weighted by molar-refractivity contribution is 5.84. The quantitative estimate of drug-likeness (QED) is 0.739. The highest BCUT2D eigenvalue weighted by Gasteiger charge is 2.36. The molecule has 2 rings (SSSR count). The third-order valence-electron chi connectivity index (χ3n) is 3.13. The molecular weight excluding hydrogens is 190 g/mol. The molecule has 1 unspecified atom stereocenters. The standard InChI is InChI=1S/C12H15NO2/c1-8-4-3-5-9-6-7-12(2,11(14)15)13-10(8)9/h3-5,13H,6-7H2,1-2H3,(H,14,15). The van der Waals surface area contributed by atoms with Crippen LogP contribution in [0.1, 0.15) is 24.5 Å². The summed E-state index contributed by atoms with van der Waals surface area (Å²) in [5.74, 6) is -0.781. The molecule has 0 fully saturated rings. The monoisotopic (exact) mass is 205 g/mol. The van der Waals surface area contributed by atoms with E-state index in [0.29, 0.717) is 6.42 Å². The van der Waals surface area contributed by atoms with E-state index in [-0.39, 0.29) is 0 Å². The second kappa shape index (κ2) is 3.26. The fraction of sp³-hybridized carbons (Fsp3) is 0.417. The fourth-order valence-corrected chi connectivity index (χ4v) is 2.00. The molecule has 3 heteroatoms. The molecule has 1 aromatic rings. The molecule has 1 aliphatic rings. The first kappa shape index (κ1) is 10.0. The van der Waals surface area contributed by atoms with Crippen LogP contribution in [-0.2, 0) is 11.2 Å². The van der Waals surface area contributed by atoms with Crippen LogP contribution in [0.5, 0.6) is 0 Å². The summed E-state index contributed by atoms with van der Waals surface area (Å²) in [5, 5.41) is 12.3. The molecule has 1 aromatic carbocycles. The first-order valence-corrected chi connectivity index (χ1v) is 5.13. The molecule has 0 saturated heterocycles. The molecule has 0 amide bonds. The number of fused-ring (bicyclic) bond motifs is 1. The van der Waals surface area contributed by atoms with E-state index in [2.05, 4.69) is 11.4 Å². The van der Waals surface area contributed by atoms with Crippen LogP contribution < -0.4 is 5.32 Å². The minimum atomic E-state index is -0.820. The second-order valence-corrected chi connectivity index (χ2v) is 4.37. The van der Waals surface area contributed by atoms with Gasteiger partial charge >= 0.3 is 5.97 Å². The van der Waals surface area contributed by atoms with Crippen LogP contribution in [0, 0.1) is 6.92 Å². The number of rotatable bonds is 1. The van der Waals surface area contributed by atoms with Crippen molar-refractivity contribution < 1.29 is 9.90 Å². The van der Waals surface area contributed by atoms with Gasteiger partial charge in [0.2, 0.25) is 0 Å². The van der Waals surface area contributed by atoms with Crippen molar-refractivity contribution in [3.8, 4) is 0 Å². The zero-order chi connectivity index (χ0) is 11.1. The van der Waals surface area contributed by atoms with Gasteiger partial charge in [0.05, 0.1) is 0 Å². The van der Waals surface area contributed by atoms with Crippen molar-refractivity contribution in [1.82, 2.24) is 0 Å². The minimum absolute atomic E-state index is 0.638. The maximum atomic E-state index is 11.1. The first-order chi connectivity index (χ1) is 7.03. The van der Waals surface area contributed by atoms with Crippen molar-refractivity contribution in [2.45, 2.75) is 32.2 Å². The smallest absolute Gasteiger partial charge is 0.329 e. The Kier molecular flexibility index (Phi) is 2.18. The molecule has 80 valence electrons. The Bertz CT molecular complexity index is 414. The van der Waals surface area contributed by atoms with Crippen LogP contribution >= 0.6 is 0 Å². The van der Waals surface area contributed by atoms with E-state index in [0.717, 1.165) is 17.7 Å². The number of para-hydroxylation sites is 1. The predicted molar refractivity (Wildman–Crippen MR) is 59.2 cm³/mol. The van der Waals surface area contributed by atoms with Gasteiger partial charge in [-0.2, -0.15) is 0 Å². The predicted octanol–water partition coefficient (Wildman–Crippen LogP) is 2.20. The van der Waals surface area contributed by atoms with E-state index in [1.54, 1.807) is 6.92 Å². The Balaban J connectivity index is 2.42. The van der Waals surface area contributed by atoms with Crippen molar-refractivity contribution in [2.75, 3.05) is 5.32 Å². The maximum Gasteiger partial charge on any atom is 0.329 e. The Morgan fingerprint density at radius 2 is 2.27 bits per heavy atom. The Morgan fingerprint density at radius 1 is 1.53 bits per heavy atom. The summed E-state index contributed by atoms with van der Waals surface area (Å²) < 4.78 is 0. The lowest BCUT2D eigenvalue weighted by Crippen LogP contribution is -2.46. The molecule has 1 aliphatic heterocycles. The lowest BCUT2D eigenvalue weighted by molar-refractivity contribution is -0.142. The van der Waals surface area contributed by atoms with Gasteiger partial charge in [-0.15, -0.1) is 0 Å². The zero-order valence-corrected chi connectivity index (χ0v) is 9.00. The number of anilines is 1. The average Bonchev–Trinajstić information content (AvgIpc) is 2.19. The van der Waals surface area contributed by atoms with Crippen molar-refractivity contribution in [1.29, 1.82) is 0 Å². The number of carboxylic acids is 1. The van der Waals surface area contributed by atoms with E-state index >= 15 is 0 Å². The summed E-state index contributed by atoms with van der Waals surface area (Å²) in [4.78, 5) is 11.1. The molecular formula is C12H15NO2. The van der Waals surface area contributed by atoms with Gasteiger partial charge < -0.3 is 10.4 Å². The molecule has 1 heterocycles. The molecule has 0 aromatic heterocycles. The highest BCUT2D eigenvalue weighted by atomic mass is 16.4. The zero-order valence-electron chi connectivity index (χ0n) is 9.00. The Morgan fingerprint density at radius 3 is 2.93 bits per heavy atom. The Hall–Kier alpha value is -1.51. The lowest BCUT2D eigenvalue weighted by Gasteiger charge is -2.34. The third kappa shape index (κ3) is 1.58. The summed E-state index contributed by atoms with van der Waals surface area (Å²) in [7, 11) is 0. The molecule has 0 saturated carbocycles. The van der Waals surface area contributed by atoms with Crippen molar-refractivity contribution in [3.63, 3.8) is 0 Å². The second-order valence-electron chi connectivity index (χ2n) is 4.37. The number of nitrogens with one attached hydrogen (secondary N) is 1. The van der Waals surface area contributed by atoms with E-state index in [4.69, 9.17) is 5.11 Å². The van der Waals surface area contributed by atoms with E-state index in [1.807, 2.05) is 19.1 Å². The van der Waals surface area contributed by atoms with Crippen molar-refractivity contribution in [2.24, 2.45) is 0 Å². The summed E-state index contributed by atoms with van der Waals surface area (Å²) in [5.41, 5.74) is 2.50. The van der Waals surface area contributed by atoms with E-state index in [9.17, 15) is 4.79 Å². The van der Waals surface area contributed by atoms with Crippen LogP contribution in [0.4, 0.5) is 5.69 Å². The number of aryl methyl sites for hydroxylation is 2. The fourth-order valence-electron chi connectivity index (χ4n) is 2.00. The number of carbonyl (C=O) groups is 1. The highest BCUT2D eigenvalue weighted by Crippen LogP contribution is 2.33. The summed E-state index contributed by atoms with van der Waals surface area (Å²) in [6.07, 6.45) is 1.46. The van der Waals surface area contributed by atoms with Gasteiger partial charge in [-0.1, -0.05) is 18.2 Å². The van der Waals surface area contributed by atoms with Crippen LogP contribution in [0.15, 0.2) is 18.2 Å². The number of hydrogen-bond donors (Lipinski definition) is 2. The molecule has 2 N–H and O–H groups in total. The van der Waals surface area contributed by atoms with Gasteiger partial charge in [-0.05, 0) is 37.8 Å². The Labute approximate surface area is 89.1 Å².